The summed E-state index contributed by atoms with van der Waals surface area (Å²) in [5.74, 6) is -0.488. The molecule has 0 radical (unpaired) electrons. The van der Waals surface area contributed by atoms with Crippen LogP contribution < -0.4 is 21.7 Å². The highest BCUT2D eigenvalue weighted by atomic mass is 19.1. The molecule has 0 aliphatic carbocycles. The second-order valence-corrected chi connectivity index (χ2v) is 11.1. The molecule has 47 heavy (non-hydrogen) atoms. The summed E-state index contributed by atoms with van der Waals surface area (Å²) < 4.78 is 28.1. The summed E-state index contributed by atoms with van der Waals surface area (Å²) in [6, 6.07) is 40.5. The van der Waals surface area contributed by atoms with Crippen LogP contribution in [0, 0.1) is 25.5 Å². The molecular weight excluding hydrogens is 590 g/mol. The van der Waals surface area contributed by atoms with E-state index in [2.05, 4.69) is 49.8 Å². The Morgan fingerprint density at radius 3 is 1.74 bits per heavy atom. The highest BCUT2D eigenvalue weighted by molar-refractivity contribution is 5.78. The molecule has 0 aliphatic rings. The number of nitrogens with two attached hydrogens (primary N) is 1. The number of hydrogen-bond donors (Lipinski definition) is 4. The highest BCUT2D eigenvalue weighted by Crippen LogP contribution is 2.29. The summed E-state index contributed by atoms with van der Waals surface area (Å²) in [6.45, 7) is 4.06. The Labute approximate surface area is 272 Å². The van der Waals surface area contributed by atoms with Gasteiger partial charge in [-0.25, -0.2) is 13.8 Å². The Bertz CT molecular complexity index is 2120. The Kier molecular flexibility index (Phi) is 9.11. The number of aromatic nitrogens is 2. The van der Waals surface area contributed by atoms with Gasteiger partial charge in [0.25, 0.3) is 0 Å². The van der Waals surface area contributed by atoms with Crippen molar-refractivity contribution < 1.29 is 8.78 Å². The van der Waals surface area contributed by atoms with Crippen LogP contribution in [0.15, 0.2) is 140 Å². The summed E-state index contributed by atoms with van der Waals surface area (Å²) in [4.78, 5) is 4.44. The minimum Gasteiger partial charge on any atom is -0.397 e. The van der Waals surface area contributed by atoms with Crippen LogP contribution in [0.1, 0.15) is 11.1 Å². The first-order valence-corrected chi connectivity index (χ1v) is 15.1. The van der Waals surface area contributed by atoms with Crippen LogP contribution in [0.25, 0.3) is 16.7 Å². The van der Waals surface area contributed by atoms with Crippen LogP contribution in [0.3, 0.4) is 0 Å². The molecule has 6 nitrogen and oxygen atoms in total. The minimum absolute atomic E-state index is 0.240. The molecule has 0 aliphatic heterocycles. The van der Waals surface area contributed by atoms with E-state index < -0.39 is 0 Å². The zero-order valence-electron chi connectivity index (χ0n) is 26.0. The predicted molar refractivity (Wildman–Crippen MR) is 190 cm³/mol. The number of nitrogens with zero attached hydrogens (tertiary/aromatic N) is 2. The Morgan fingerprint density at radius 1 is 0.553 bits per heavy atom. The zero-order chi connectivity index (χ0) is 32.8. The topological polar surface area (TPSA) is 79.9 Å². The van der Waals surface area contributed by atoms with Gasteiger partial charge < -0.3 is 21.7 Å². The summed E-state index contributed by atoms with van der Waals surface area (Å²) in [6.07, 6.45) is 1.83. The van der Waals surface area contributed by atoms with E-state index in [1.165, 1.54) is 24.3 Å². The maximum Gasteiger partial charge on any atom is 0.123 e. The SMILES string of the molecule is Cc1ccc(-n2cnc3ccccc32)cc1Nc1ccc(F)cc1.Cc1ccc(Nc2ccccc2N)cc1Nc1ccc(F)cc1. The number of rotatable bonds is 7. The van der Waals surface area contributed by atoms with Crippen molar-refractivity contribution in [3.63, 3.8) is 0 Å². The van der Waals surface area contributed by atoms with E-state index in [1.54, 1.807) is 24.3 Å². The largest absolute Gasteiger partial charge is 0.397 e. The smallest absolute Gasteiger partial charge is 0.123 e. The second-order valence-electron chi connectivity index (χ2n) is 11.1. The third kappa shape index (κ3) is 7.57. The third-order valence-electron chi connectivity index (χ3n) is 7.68. The number of para-hydroxylation sites is 4. The molecule has 0 amide bonds. The average molecular weight is 625 g/mol. The van der Waals surface area contributed by atoms with Crippen LogP contribution in [-0.4, -0.2) is 9.55 Å². The lowest BCUT2D eigenvalue weighted by atomic mass is 10.1. The quantitative estimate of drug-likeness (QED) is 0.133. The summed E-state index contributed by atoms with van der Waals surface area (Å²) in [7, 11) is 0. The number of fused-ring (bicyclic) bond motifs is 1. The first-order valence-electron chi connectivity index (χ1n) is 15.1. The molecule has 1 aromatic heterocycles. The van der Waals surface area contributed by atoms with E-state index >= 15 is 0 Å². The van der Waals surface area contributed by atoms with Crippen LogP contribution in [0.5, 0.6) is 0 Å². The van der Waals surface area contributed by atoms with Crippen molar-refractivity contribution in [2.24, 2.45) is 0 Å². The molecule has 0 saturated carbocycles. The third-order valence-corrected chi connectivity index (χ3v) is 7.68. The molecule has 0 fully saturated rings. The fourth-order valence-corrected chi connectivity index (χ4v) is 5.04. The Morgan fingerprint density at radius 2 is 1.09 bits per heavy atom. The van der Waals surface area contributed by atoms with E-state index in [1.807, 2.05) is 80.8 Å². The Hall–Kier alpha value is -6.15. The number of benzene rings is 6. The maximum atomic E-state index is 13.1. The van der Waals surface area contributed by atoms with E-state index in [4.69, 9.17) is 5.73 Å². The van der Waals surface area contributed by atoms with Gasteiger partial charge in [0.15, 0.2) is 0 Å². The van der Waals surface area contributed by atoms with E-state index in [9.17, 15) is 8.78 Å². The number of imidazole rings is 1. The van der Waals surface area contributed by atoms with Gasteiger partial charge in [0.2, 0.25) is 0 Å². The van der Waals surface area contributed by atoms with E-state index in [0.717, 1.165) is 62.0 Å². The Balaban J connectivity index is 0.000000165. The van der Waals surface area contributed by atoms with Crippen molar-refractivity contribution >= 4 is 50.8 Å². The number of nitrogen functional groups attached to an aromatic ring is 1. The fraction of sp³-hybridized carbons (Fsp3) is 0.0513. The van der Waals surface area contributed by atoms with Crippen LogP contribution in [0.2, 0.25) is 0 Å². The molecule has 5 N–H and O–H groups in total. The lowest BCUT2D eigenvalue weighted by molar-refractivity contribution is 0.627. The predicted octanol–water partition coefficient (Wildman–Crippen LogP) is 10.4. The minimum atomic E-state index is -0.248. The second kappa shape index (κ2) is 13.9. The molecule has 7 rings (SSSR count). The standard InChI is InChI=1S/C20H16FN3.C19H18FN3/c1-14-6-11-17(24-13-22-18-4-2-3-5-20(18)24)12-19(14)23-16-9-7-15(21)8-10-16;1-13-6-9-16(23-18-5-3-2-4-17(18)21)12-19(13)22-15-10-7-14(20)8-11-15/h2-13,23H,1H3;2-12,22-23H,21H2,1H3. The lowest BCUT2D eigenvalue weighted by Crippen LogP contribution is -1.98. The monoisotopic (exact) mass is 624 g/mol. The van der Waals surface area contributed by atoms with Crippen LogP contribution in [0.4, 0.5) is 48.6 Å². The first kappa shape index (κ1) is 30.9. The molecule has 1 heterocycles. The summed E-state index contributed by atoms with van der Waals surface area (Å²) in [5.41, 5.74) is 17.4. The van der Waals surface area contributed by atoms with Crippen molar-refractivity contribution in [2.75, 3.05) is 21.7 Å². The van der Waals surface area contributed by atoms with Crippen molar-refractivity contribution in [2.45, 2.75) is 13.8 Å². The normalized spacial score (nSPS) is 10.6. The molecular formula is C39H34F2N6. The van der Waals surface area contributed by atoms with Gasteiger partial charge in [0, 0.05) is 34.1 Å². The molecule has 7 aromatic rings. The van der Waals surface area contributed by atoms with Crippen molar-refractivity contribution in [3.8, 4) is 5.69 Å². The number of hydrogen-bond acceptors (Lipinski definition) is 5. The van der Waals surface area contributed by atoms with Gasteiger partial charge in [0.1, 0.15) is 18.0 Å². The molecule has 8 heteroatoms. The van der Waals surface area contributed by atoms with Gasteiger partial charge in [0.05, 0.1) is 22.4 Å². The van der Waals surface area contributed by atoms with Gasteiger partial charge in [-0.3, -0.25) is 4.57 Å². The number of halogens is 2. The van der Waals surface area contributed by atoms with Gasteiger partial charge >= 0.3 is 0 Å². The van der Waals surface area contributed by atoms with Crippen LogP contribution >= 0.6 is 0 Å². The first-order chi connectivity index (χ1) is 22.8. The molecule has 234 valence electrons. The number of anilines is 7. The molecule has 0 saturated heterocycles. The number of nitrogens with one attached hydrogen (secondary N) is 3. The van der Waals surface area contributed by atoms with Gasteiger partial charge in [-0.2, -0.15) is 0 Å². The summed E-state index contributed by atoms with van der Waals surface area (Å²) >= 11 is 0. The molecule has 0 unspecified atom stereocenters. The molecule has 0 bridgehead atoms. The van der Waals surface area contributed by atoms with Crippen LogP contribution in [-0.2, 0) is 0 Å². The molecule has 0 spiro atoms. The molecule has 0 atom stereocenters. The van der Waals surface area contributed by atoms with E-state index in [0.29, 0.717) is 5.69 Å². The van der Waals surface area contributed by atoms with Crippen molar-refractivity contribution in [1.29, 1.82) is 0 Å². The average Bonchev–Trinajstić information content (AvgIpc) is 3.51. The molecule has 6 aromatic carbocycles. The van der Waals surface area contributed by atoms with Crippen molar-refractivity contribution in [1.82, 2.24) is 9.55 Å². The highest BCUT2D eigenvalue weighted by Gasteiger charge is 2.08. The number of aryl methyl sites for hydroxylation is 2. The van der Waals surface area contributed by atoms with Crippen molar-refractivity contribution in [3.05, 3.63) is 163 Å². The summed E-state index contributed by atoms with van der Waals surface area (Å²) in [5, 5.41) is 9.96. The maximum absolute atomic E-state index is 13.1. The zero-order valence-corrected chi connectivity index (χ0v) is 26.0. The lowest BCUT2D eigenvalue weighted by Gasteiger charge is -2.14. The van der Waals surface area contributed by atoms with Gasteiger partial charge in [-0.15, -0.1) is 0 Å². The van der Waals surface area contributed by atoms with Gasteiger partial charge in [-0.05, 0) is 122 Å². The fourth-order valence-electron chi connectivity index (χ4n) is 5.04. The van der Waals surface area contributed by atoms with E-state index in [-0.39, 0.29) is 11.6 Å². The van der Waals surface area contributed by atoms with Gasteiger partial charge in [-0.1, -0.05) is 36.4 Å².